The van der Waals surface area contributed by atoms with E-state index in [1.54, 1.807) is 6.08 Å². The Morgan fingerprint density at radius 2 is 2.07 bits per heavy atom. The van der Waals surface area contributed by atoms with Crippen LogP contribution in [0.25, 0.3) is 0 Å². The summed E-state index contributed by atoms with van der Waals surface area (Å²) in [5, 5.41) is 2.70. The molecule has 1 aliphatic heterocycles. The van der Waals surface area contributed by atoms with Gasteiger partial charge in [0.15, 0.2) is 0 Å². The molecule has 0 radical (unpaired) electrons. The van der Waals surface area contributed by atoms with Gasteiger partial charge in [-0.3, -0.25) is 9.59 Å². The second-order valence-electron chi connectivity index (χ2n) is 3.29. The van der Waals surface area contributed by atoms with E-state index in [1.807, 2.05) is 24.3 Å². The van der Waals surface area contributed by atoms with Gasteiger partial charge < -0.3 is 11.1 Å². The highest BCUT2D eigenvalue weighted by Crippen LogP contribution is 2.20. The van der Waals surface area contributed by atoms with E-state index >= 15 is 0 Å². The third kappa shape index (κ3) is 1.35. The summed E-state index contributed by atoms with van der Waals surface area (Å²) in [5.41, 5.74) is 5.12. The van der Waals surface area contributed by atoms with E-state index < -0.39 is 11.8 Å². The van der Waals surface area contributed by atoms with Crippen molar-refractivity contribution in [1.82, 2.24) is 5.32 Å². The second kappa shape index (κ2) is 3.14. The average molecular weight is 190 g/mol. The maximum absolute atomic E-state index is 11.4. The second-order valence-corrected chi connectivity index (χ2v) is 3.29. The number of hydrogen-bond acceptors (Lipinski definition) is 2. The predicted molar refractivity (Wildman–Crippen MR) is 51.0 cm³/mol. The van der Waals surface area contributed by atoms with Crippen LogP contribution in [-0.4, -0.2) is 17.9 Å². The average Bonchev–Trinajstić information content (AvgIpc) is 2.16. The monoisotopic (exact) mass is 190 g/mol. The summed E-state index contributed by atoms with van der Waals surface area (Å²) in [6.45, 7) is 0. The Bertz CT molecular complexity index is 380. The van der Waals surface area contributed by atoms with Crippen molar-refractivity contribution in [3.63, 3.8) is 0 Å². The van der Waals surface area contributed by atoms with E-state index in [0.29, 0.717) is 0 Å². The normalized spacial score (nSPS) is 29.1. The minimum Gasteiger partial charge on any atom is -0.365 e. The highest BCUT2D eigenvalue weighted by atomic mass is 16.2. The zero-order chi connectivity index (χ0) is 10.1. The molecule has 14 heavy (non-hydrogen) atoms. The summed E-state index contributed by atoms with van der Waals surface area (Å²) in [7, 11) is 0. The van der Waals surface area contributed by atoms with Gasteiger partial charge in [-0.25, -0.2) is 0 Å². The van der Waals surface area contributed by atoms with Crippen LogP contribution in [0.3, 0.4) is 0 Å². The molecule has 0 saturated heterocycles. The minimum absolute atomic E-state index is 0.0419. The van der Waals surface area contributed by atoms with Crippen molar-refractivity contribution in [3.8, 4) is 0 Å². The quantitative estimate of drug-likeness (QED) is 0.554. The topological polar surface area (TPSA) is 72.2 Å². The zero-order valence-corrected chi connectivity index (χ0v) is 7.44. The molecule has 1 aliphatic carbocycles. The molecule has 2 unspecified atom stereocenters. The summed E-state index contributed by atoms with van der Waals surface area (Å²) in [4.78, 5) is 22.2. The summed E-state index contributed by atoms with van der Waals surface area (Å²) < 4.78 is 0. The molecule has 1 heterocycles. The Balaban J connectivity index is 2.34. The number of nitrogens with one attached hydrogen (secondary N) is 1. The molecule has 2 atom stereocenters. The SMILES string of the molecule is NC(=O)C1=CC2C=CC=CC2NC1=O. The lowest BCUT2D eigenvalue weighted by Gasteiger charge is -2.27. The van der Waals surface area contributed by atoms with Crippen LogP contribution in [0.2, 0.25) is 0 Å². The van der Waals surface area contributed by atoms with E-state index in [0.717, 1.165) is 0 Å². The third-order valence-corrected chi connectivity index (χ3v) is 2.34. The van der Waals surface area contributed by atoms with Crippen LogP contribution in [0.1, 0.15) is 0 Å². The molecule has 0 fully saturated rings. The molecule has 0 aromatic carbocycles. The molecule has 2 rings (SSSR count). The van der Waals surface area contributed by atoms with Crippen LogP contribution in [0.5, 0.6) is 0 Å². The molecule has 0 aromatic rings. The first-order chi connectivity index (χ1) is 6.68. The first-order valence-corrected chi connectivity index (χ1v) is 4.36. The van der Waals surface area contributed by atoms with Crippen molar-refractivity contribution >= 4 is 11.8 Å². The lowest BCUT2D eigenvalue weighted by Crippen LogP contribution is -2.45. The highest BCUT2D eigenvalue weighted by molar-refractivity contribution is 6.18. The van der Waals surface area contributed by atoms with Crippen LogP contribution in [0.4, 0.5) is 0 Å². The minimum atomic E-state index is -0.677. The summed E-state index contributed by atoms with van der Waals surface area (Å²) in [5.74, 6) is -1.03. The van der Waals surface area contributed by atoms with E-state index in [1.165, 1.54) is 0 Å². The van der Waals surface area contributed by atoms with E-state index in [-0.39, 0.29) is 17.5 Å². The first kappa shape index (κ1) is 8.74. The maximum atomic E-state index is 11.4. The summed E-state index contributed by atoms with van der Waals surface area (Å²) in [6, 6.07) is -0.0457. The fourth-order valence-electron chi connectivity index (χ4n) is 1.62. The van der Waals surface area contributed by atoms with Gasteiger partial charge in [-0.2, -0.15) is 0 Å². The Labute approximate surface area is 81.2 Å². The fourth-order valence-corrected chi connectivity index (χ4v) is 1.62. The highest BCUT2D eigenvalue weighted by Gasteiger charge is 2.29. The van der Waals surface area contributed by atoms with Gasteiger partial charge >= 0.3 is 0 Å². The molecule has 3 N–H and O–H groups in total. The maximum Gasteiger partial charge on any atom is 0.257 e. The Morgan fingerprint density at radius 1 is 1.36 bits per heavy atom. The molecular formula is C10H10N2O2. The number of nitrogens with two attached hydrogens (primary N) is 1. The van der Waals surface area contributed by atoms with Gasteiger partial charge in [-0.05, 0) is 0 Å². The third-order valence-electron chi connectivity index (χ3n) is 2.34. The Kier molecular flexibility index (Phi) is 1.96. The van der Waals surface area contributed by atoms with Crippen LogP contribution in [0, 0.1) is 5.92 Å². The fraction of sp³-hybridized carbons (Fsp3) is 0.200. The van der Waals surface area contributed by atoms with Gasteiger partial charge in [0.05, 0.1) is 6.04 Å². The van der Waals surface area contributed by atoms with E-state index in [2.05, 4.69) is 5.32 Å². The number of fused-ring (bicyclic) bond motifs is 1. The summed E-state index contributed by atoms with van der Waals surface area (Å²) in [6.07, 6.45) is 9.17. The molecule has 0 spiro atoms. The molecule has 4 nitrogen and oxygen atoms in total. The molecule has 2 amide bonds. The zero-order valence-electron chi connectivity index (χ0n) is 7.44. The molecule has 72 valence electrons. The van der Waals surface area contributed by atoms with Crippen molar-refractivity contribution in [1.29, 1.82) is 0 Å². The number of carbonyl (C=O) groups excluding carboxylic acids is 2. The van der Waals surface area contributed by atoms with Gasteiger partial charge in [0, 0.05) is 5.92 Å². The Morgan fingerprint density at radius 3 is 2.79 bits per heavy atom. The summed E-state index contributed by atoms with van der Waals surface area (Å²) >= 11 is 0. The predicted octanol–water partition coefficient (Wildman–Crippen LogP) is -0.361. The number of carbonyl (C=O) groups is 2. The van der Waals surface area contributed by atoms with E-state index in [9.17, 15) is 9.59 Å². The van der Waals surface area contributed by atoms with Crippen LogP contribution < -0.4 is 11.1 Å². The molecular weight excluding hydrogens is 180 g/mol. The number of primary amides is 1. The van der Waals surface area contributed by atoms with Crippen molar-refractivity contribution in [2.45, 2.75) is 6.04 Å². The molecule has 0 aromatic heterocycles. The number of hydrogen-bond donors (Lipinski definition) is 2. The molecule has 4 heteroatoms. The van der Waals surface area contributed by atoms with Gasteiger partial charge in [0.1, 0.15) is 5.57 Å². The van der Waals surface area contributed by atoms with Gasteiger partial charge in [0.25, 0.3) is 11.8 Å². The van der Waals surface area contributed by atoms with Crippen molar-refractivity contribution < 1.29 is 9.59 Å². The van der Waals surface area contributed by atoms with Crippen molar-refractivity contribution in [3.05, 3.63) is 36.0 Å². The van der Waals surface area contributed by atoms with Crippen molar-refractivity contribution in [2.75, 3.05) is 0 Å². The number of allylic oxidation sites excluding steroid dienone is 2. The van der Waals surface area contributed by atoms with Gasteiger partial charge in [0.2, 0.25) is 0 Å². The number of rotatable bonds is 1. The standard InChI is InChI=1S/C10H10N2O2/c11-9(13)7-5-6-3-1-2-4-8(6)12-10(7)14/h1-6,8H,(H2,11,13)(H,12,14). The lowest BCUT2D eigenvalue weighted by atomic mass is 9.89. The van der Waals surface area contributed by atoms with Crippen molar-refractivity contribution in [2.24, 2.45) is 11.7 Å². The first-order valence-electron chi connectivity index (χ1n) is 4.36. The number of amides is 2. The molecule has 0 bridgehead atoms. The lowest BCUT2D eigenvalue weighted by molar-refractivity contribution is -0.123. The van der Waals surface area contributed by atoms with Gasteiger partial charge in [-0.1, -0.05) is 30.4 Å². The molecule has 2 aliphatic rings. The smallest absolute Gasteiger partial charge is 0.257 e. The Hall–Kier alpha value is -1.84. The van der Waals surface area contributed by atoms with Gasteiger partial charge in [-0.15, -0.1) is 0 Å². The van der Waals surface area contributed by atoms with Crippen LogP contribution >= 0.6 is 0 Å². The van der Waals surface area contributed by atoms with E-state index in [4.69, 9.17) is 5.73 Å². The largest absolute Gasteiger partial charge is 0.365 e. The van der Waals surface area contributed by atoms with Crippen LogP contribution in [0.15, 0.2) is 36.0 Å². The van der Waals surface area contributed by atoms with Crippen LogP contribution in [-0.2, 0) is 9.59 Å². The molecule has 0 saturated carbocycles.